The van der Waals surface area contributed by atoms with E-state index in [1.54, 1.807) is 0 Å². The van der Waals surface area contributed by atoms with Gasteiger partial charge in [-0.05, 0) is 34.1 Å². The van der Waals surface area contributed by atoms with Crippen molar-refractivity contribution < 1.29 is 9.18 Å². The zero-order valence-electron chi connectivity index (χ0n) is 8.52. The van der Waals surface area contributed by atoms with Crippen molar-refractivity contribution in [1.82, 2.24) is 9.97 Å². The van der Waals surface area contributed by atoms with Gasteiger partial charge in [-0.1, -0.05) is 0 Å². The molecule has 1 aromatic heterocycles. The zero-order valence-corrected chi connectivity index (χ0v) is 10.1. The fourth-order valence-corrected chi connectivity index (χ4v) is 1.54. The number of rotatable bonds is 2. The van der Waals surface area contributed by atoms with Crippen molar-refractivity contribution in [2.75, 3.05) is 5.32 Å². The lowest BCUT2D eigenvalue weighted by Crippen LogP contribution is -2.14. The largest absolute Gasteiger partial charge is 0.319 e. The summed E-state index contributed by atoms with van der Waals surface area (Å²) in [7, 11) is 0. The topological polar surface area (TPSA) is 54.9 Å². The van der Waals surface area contributed by atoms with E-state index in [0.717, 1.165) is 0 Å². The van der Waals surface area contributed by atoms with Crippen LogP contribution >= 0.6 is 15.9 Å². The van der Waals surface area contributed by atoms with Crippen molar-refractivity contribution in [3.8, 4) is 0 Å². The van der Waals surface area contributed by atoms with Gasteiger partial charge in [0.25, 0.3) is 5.91 Å². The highest BCUT2D eigenvalue weighted by atomic mass is 79.9. The first-order chi connectivity index (χ1) is 8.16. The van der Waals surface area contributed by atoms with Crippen LogP contribution in [0.5, 0.6) is 0 Å². The molecule has 0 aliphatic rings. The van der Waals surface area contributed by atoms with E-state index >= 15 is 0 Å². The van der Waals surface area contributed by atoms with E-state index < -0.39 is 11.7 Å². The number of nitrogens with zero attached hydrogens (tertiary/aromatic N) is 2. The summed E-state index contributed by atoms with van der Waals surface area (Å²) in [6.45, 7) is 0. The van der Waals surface area contributed by atoms with Crippen LogP contribution in [0.25, 0.3) is 0 Å². The molecule has 0 unspecified atom stereocenters. The van der Waals surface area contributed by atoms with Crippen molar-refractivity contribution >= 4 is 27.5 Å². The number of nitrogens with one attached hydrogen (secondary N) is 1. The highest BCUT2D eigenvalue weighted by molar-refractivity contribution is 9.10. The van der Waals surface area contributed by atoms with Crippen LogP contribution in [-0.4, -0.2) is 15.9 Å². The summed E-state index contributed by atoms with van der Waals surface area (Å²) >= 11 is 3.21. The first kappa shape index (κ1) is 11.7. The minimum Gasteiger partial charge on any atom is -0.319 e. The van der Waals surface area contributed by atoms with Crippen molar-refractivity contribution in [3.05, 3.63) is 52.8 Å². The van der Waals surface area contributed by atoms with Crippen LogP contribution in [0.1, 0.15) is 10.5 Å². The van der Waals surface area contributed by atoms with E-state index in [9.17, 15) is 9.18 Å². The highest BCUT2D eigenvalue weighted by Gasteiger charge is 2.10. The van der Waals surface area contributed by atoms with Crippen molar-refractivity contribution in [1.29, 1.82) is 0 Å². The maximum Gasteiger partial charge on any atom is 0.275 e. The zero-order chi connectivity index (χ0) is 12.3. The van der Waals surface area contributed by atoms with E-state index in [4.69, 9.17) is 0 Å². The number of carbonyl (C=O) groups is 1. The Balaban J connectivity index is 2.22. The predicted molar refractivity (Wildman–Crippen MR) is 64.1 cm³/mol. The second kappa shape index (κ2) is 5.01. The average molecular weight is 296 g/mol. The Morgan fingerprint density at radius 3 is 2.88 bits per heavy atom. The molecule has 0 saturated heterocycles. The van der Waals surface area contributed by atoms with Crippen LogP contribution < -0.4 is 5.32 Å². The van der Waals surface area contributed by atoms with E-state index in [1.165, 1.54) is 36.8 Å². The Labute approximate surface area is 105 Å². The number of anilines is 1. The molecule has 2 rings (SSSR count). The van der Waals surface area contributed by atoms with Gasteiger partial charge in [0, 0.05) is 16.9 Å². The third-order valence-corrected chi connectivity index (χ3v) is 2.66. The fourth-order valence-electron chi connectivity index (χ4n) is 1.20. The fraction of sp³-hybridized carbons (Fsp3) is 0. The molecule has 0 aliphatic heterocycles. The smallest absolute Gasteiger partial charge is 0.275 e. The van der Waals surface area contributed by atoms with Gasteiger partial charge >= 0.3 is 0 Å². The van der Waals surface area contributed by atoms with E-state index in [-0.39, 0.29) is 5.69 Å². The molecule has 0 atom stereocenters. The number of hydrogen-bond donors (Lipinski definition) is 1. The number of hydrogen-bond acceptors (Lipinski definition) is 3. The van der Waals surface area contributed by atoms with E-state index in [1.807, 2.05) is 0 Å². The summed E-state index contributed by atoms with van der Waals surface area (Å²) in [6.07, 6.45) is 4.22. The quantitative estimate of drug-likeness (QED) is 0.927. The summed E-state index contributed by atoms with van der Waals surface area (Å²) in [5.74, 6) is -0.868. The lowest BCUT2D eigenvalue weighted by Gasteiger charge is -2.06. The second-order valence-electron chi connectivity index (χ2n) is 3.17. The Morgan fingerprint density at radius 1 is 1.35 bits per heavy atom. The van der Waals surface area contributed by atoms with Crippen molar-refractivity contribution in [2.24, 2.45) is 0 Å². The summed E-state index contributed by atoms with van der Waals surface area (Å²) in [4.78, 5) is 19.3. The van der Waals surface area contributed by atoms with E-state index in [2.05, 4.69) is 31.2 Å². The van der Waals surface area contributed by atoms with Gasteiger partial charge in [-0.15, -0.1) is 0 Å². The Hall–Kier alpha value is -1.82. The number of amides is 1. The number of benzene rings is 1. The summed E-state index contributed by atoms with van der Waals surface area (Å²) < 4.78 is 13.6. The van der Waals surface area contributed by atoms with Crippen LogP contribution in [0.15, 0.2) is 41.3 Å². The Morgan fingerprint density at radius 2 is 2.18 bits per heavy atom. The minimum absolute atomic E-state index is 0.170. The molecule has 1 heterocycles. The number of halogens is 2. The lowest BCUT2D eigenvalue weighted by atomic mass is 10.3. The van der Waals surface area contributed by atoms with Gasteiger partial charge in [-0.3, -0.25) is 9.78 Å². The molecule has 1 N–H and O–H groups in total. The third kappa shape index (κ3) is 2.85. The van der Waals surface area contributed by atoms with Gasteiger partial charge in [0.2, 0.25) is 0 Å². The standard InChI is InChI=1S/C11H7BrFN3O/c12-8-2-1-7(13)5-9(8)16-11(17)10-6-14-3-4-15-10/h1-6H,(H,16,17). The first-order valence-corrected chi connectivity index (χ1v) is 5.48. The molecular weight excluding hydrogens is 289 g/mol. The first-order valence-electron chi connectivity index (χ1n) is 4.69. The van der Waals surface area contributed by atoms with Gasteiger partial charge in [0.1, 0.15) is 11.5 Å². The molecule has 6 heteroatoms. The normalized spacial score (nSPS) is 10.0. The number of aromatic nitrogens is 2. The molecule has 0 saturated carbocycles. The molecule has 0 bridgehead atoms. The molecule has 4 nitrogen and oxygen atoms in total. The maximum atomic E-state index is 13.0. The summed E-state index contributed by atoms with van der Waals surface area (Å²) in [6, 6.07) is 4.03. The highest BCUT2D eigenvalue weighted by Crippen LogP contribution is 2.23. The average Bonchev–Trinajstić information content (AvgIpc) is 2.35. The minimum atomic E-state index is -0.440. The van der Waals surface area contributed by atoms with Crippen LogP contribution in [0.3, 0.4) is 0 Å². The lowest BCUT2D eigenvalue weighted by molar-refractivity contribution is 0.102. The maximum absolute atomic E-state index is 13.0. The van der Waals surface area contributed by atoms with Gasteiger partial charge in [-0.25, -0.2) is 9.37 Å². The Kier molecular flexibility index (Phi) is 3.43. The molecule has 0 aliphatic carbocycles. The molecule has 1 amide bonds. The molecule has 86 valence electrons. The molecular formula is C11H7BrFN3O. The molecule has 0 spiro atoms. The van der Waals surface area contributed by atoms with Crippen LogP contribution in [0.2, 0.25) is 0 Å². The molecule has 17 heavy (non-hydrogen) atoms. The molecule has 0 radical (unpaired) electrons. The molecule has 0 fully saturated rings. The predicted octanol–water partition coefficient (Wildman–Crippen LogP) is 2.63. The molecule has 2 aromatic rings. The number of carbonyl (C=O) groups excluding carboxylic acids is 1. The van der Waals surface area contributed by atoms with Crippen molar-refractivity contribution in [2.45, 2.75) is 0 Å². The Bertz CT molecular complexity index is 548. The van der Waals surface area contributed by atoms with Gasteiger partial charge in [0.15, 0.2) is 0 Å². The van der Waals surface area contributed by atoms with Gasteiger partial charge < -0.3 is 5.32 Å². The third-order valence-electron chi connectivity index (χ3n) is 1.97. The van der Waals surface area contributed by atoms with Crippen LogP contribution in [0.4, 0.5) is 10.1 Å². The summed E-state index contributed by atoms with van der Waals surface area (Å²) in [5.41, 5.74) is 0.518. The van der Waals surface area contributed by atoms with Crippen LogP contribution in [0, 0.1) is 5.82 Å². The van der Waals surface area contributed by atoms with Crippen molar-refractivity contribution in [3.63, 3.8) is 0 Å². The summed E-state index contributed by atoms with van der Waals surface area (Å²) in [5, 5.41) is 2.54. The molecule has 1 aromatic carbocycles. The monoisotopic (exact) mass is 295 g/mol. The van der Waals surface area contributed by atoms with Gasteiger partial charge in [0.05, 0.1) is 11.9 Å². The second-order valence-corrected chi connectivity index (χ2v) is 4.02. The van der Waals surface area contributed by atoms with E-state index in [0.29, 0.717) is 10.2 Å². The van der Waals surface area contributed by atoms with Crippen LogP contribution in [-0.2, 0) is 0 Å². The SMILES string of the molecule is O=C(Nc1cc(F)ccc1Br)c1cnccn1. The van der Waals surface area contributed by atoms with Gasteiger partial charge in [-0.2, -0.15) is 0 Å².